The molecule has 0 unspecified atom stereocenters. The molecule has 0 aliphatic carbocycles. The highest BCUT2D eigenvalue weighted by Gasteiger charge is 2.12. The summed E-state index contributed by atoms with van der Waals surface area (Å²) in [7, 11) is 0. The number of hydrogen-bond acceptors (Lipinski definition) is 3. The zero-order chi connectivity index (χ0) is 11.5. The monoisotopic (exact) mass is 209 g/mol. The number of nitrogens with zero attached hydrogens (tertiary/aromatic N) is 1. The Morgan fingerprint density at radius 2 is 2.20 bits per heavy atom. The van der Waals surface area contributed by atoms with E-state index in [9.17, 15) is 4.79 Å². The maximum atomic E-state index is 10.5. The summed E-state index contributed by atoms with van der Waals surface area (Å²) in [4.78, 5) is 14.4. The van der Waals surface area contributed by atoms with Crippen LogP contribution in [0.1, 0.15) is 26.5 Å². The minimum Gasteiger partial charge on any atom is -0.488 e. The second kappa shape index (κ2) is 4.29. The average molecular weight is 209 g/mol. The van der Waals surface area contributed by atoms with Crippen LogP contribution < -0.4 is 4.74 Å². The highest BCUT2D eigenvalue weighted by Crippen LogP contribution is 2.18. The molecule has 0 saturated carbocycles. The van der Waals surface area contributed by atoms with Gasteiger partial charge in [0.05, 0.1) is 12.1 Å². The smallest absolute Gasteiger partial charge is 0.309 e. The second-order valence-corrected chi connectivity index (χ2v) is 4.27. The predicted molar refractivity (Wildman–Crippen MR) is 56.0 cm³/mol. The van der Waals surface area contributed by atoms with Crippen molar-refractivity contribution in [3.8, 4) is 5.75 Å². The zero-order valence-electron chi connectivity index (χ0n) is 9.15. The van der Waals surface area contributed by atoms with E-state index in [4.69, 9.17) is 9.84 Å². The van der Waals surface area contributed by atoms with Crippen molar-refractivity contribution in [1.29, 1.82) is 0 Å². The van der Waals surface area contributed by atoms with Gasteiger partial charge in [0.2, 0.25) is 0 Å². The van der Waals surface area contributed by atoms with Gasteiger partial charge in [-0.1, -0.05) is 0 Å². The summed E-state index contributed by atoms with van der Waals surface area (Å²) in [5, 5.41) is 8.61. The third kappa shape index (κ3) is 4.44. The van der Waals surface area contributed by atoms with E-state index < -0.39 is 5.97 Å². The molecule has 0 amide bonds. The van der Waals surface area contributed by atoms with Gasteiger partial charge in [-0.3, -0.25) is 9.78 Å². The van der Waals surface area contributed by atoms with E-state index in [0.29, 0.717) is 11.4 Å². The van der Waals surface area contributed by atoms with E-state index in [0.717, 1.165) is 0 Å². The molecule has 0 bridgehead atoms. The summed E-state index contributed by atoms with van der Waals surface area (Å²) in [5.41, 5.74) is 0.214. The SMILES string of the molecule is CC(C)(C)Oc1ccnc(CC(=O)O)c1. The molecule has 0 aromatic carbocycles. The topological polar surface area (TPSA) is 59.4 Å². The van der Waals surface area contributed by atoms with E-state index in [1.165, 1.54) is 0 Å². The first-order valence-corrected chi connectivity index (χ1v) is 4.72. The molecular weight excluding hydrogens is 194 g/mol. The molecule has 0 aliphatic rings. The maximum Gasteiger partial charge on any atom is 0.309 e. The van der Waals surface area contributed by atoms with Gasteiger partial charge in [0.1, 0.15) is 11.4 Å². The quantitative estimate of drug-likeness (QED) is 0.825. The largest absolute Gasteiger partial charge is 0.488 e. The van der Waals surface area contributed by atoms with Crippen LogP contribution in [0.5, 0.6) is 5.75 Å². The van der Waals surface area contributed by atoms with Gasteiger partial charge in [-0.05, 0) is 26.8 Å². The lowest BCUT2D eigenvalue weighted by molar-refractivity contribution is -0.136. The van der Waals surface area contributed by atoms with Crippen molar-refractivity contribution < 1.29 is 14.6 Å². The van der Waals surface area contributed by atoms with E-state index in [2.05, 4.69) is 4.98 Å². The van der Waals surface area contributed by atoms with Gasteiger partial charge in [0, 0.05) is 12.3 Å². The molecule has 0 saturated heterocycles. The van der Waals surface area contributed by atoms with Crippen molar-refractivity contribution in [2.45, 2.75) is 32.8 Å². The van der Waals surface area contributed by atoms with Gasteiger partial charge in [0.25, 0.3) is 0 Å². The van der Waals surface area contributed by atoms with Gasteiger partial charge in [-0.15, -0.1) is 0 Å². The average Bonchev–Trinajstić information content (AvgIpc) is 1.99. The molecule has 0 atom stereocenters. The van der Waals surface area contributed by atoms with Crippen molar-refractivity contribution in [1.82, 2.24) is 4.98 Å². The van der Waals surface area contributed by atoms with Crippen LogP contribution >= 0.6 is 0 Å². The fourth-order valence-corrected chi connectivity index (χ4v) is 1.12. The van der Waals surface area contributed by atoms with Crippen LogP contribution in [-0.4, -0.2) is 21.7 Å². The van der Waals surface area contributed by atoms with Gasteiger partial charge in [0.15, 0.2) is 0 Å². The predicted octanol–water partition coefficient (Wildman–Crippen LogP) is 1.89. The molecule has 1 aromatic rings. The van der Waals surface area contributed by atoms with Gasteiger partial charge >= 0.3 is 5.97 Å². The van der Waals surface area contributed by atoms with Crippen LogP contribution in [0.15, 0.2) is 18.3 Å². The number of hydrogen-bond donors (Lipinski definition) is 1. The molecule has 0 radical (unpaired) electrons. The standard InChI is InChI=1S/C11H15NO3/c1-11(2,3)15-9-4-5-12-8(6-9)7-10(13)14/h4-6H,7H2,1-3H3,(H,13,14). The molecular formula is C11H15NO3. The number of carboxylic acids is 1. The first-order chi connectivity index (χ1) is 6.87. The Morgan fingerprint density at radius 1 is 1.53 bits per heavy atom. The number of carboxylic acid groups (broad SMARTS) is 1. The lowest BCUT2D eigenvalue weighted by Gasteiger charge is -2.21. The Kier molecular flexibility index (Phi) is 3.29. The van der Waals surface area contributed by atoms with Crippen LogP contribution in [0.25, 0.3) is 0 Å². The summed E-state index contributed by atoms with van der Waals surface area (Å²) in [5.74, 6) is -0.246. The molecule has 1 aromatic heterocycles. The van der Waals surface area contributed by atoms with Gasteiger partial charge < -0.3 is 9.84 Å². The molecule has 1 rings (SSSR count). The van der Waals surface area contributed by atoms with Crippen LogP contribution in [0, 0.1) is 0 Å². The van der Waals surface area contributed by atoms with Gasteiger partial charge in [-0.2, -0.15) is 0 Å². The Labute approximate surface area is 88.9 Å². The third-order valence-electron chi connectivity index (χ3n) is 1.54. The van der Waals surface area contributed by atoms with Gasteiger partial charge in [-0.25, -0.2) is 0 Å². The number of rotatable bonds is 3. The summed E-state index contributed by atoms with van der Waals surface area (Å²) < 4.78 is 5.59. The molecule has 0 fully saturated rings. The van der Waals surface area contributed by atoms with Crippen LogP contribution in [0.3, 0.4) is 0 Å². The molecule has 4 heteroatoms. The number of aromatic nitrogens is 1. The Bertz CT molecular complexity index is 355. The first-order valence-electron chi connectivity index (χ1n) is 4.72. The molecule has 0 spiro atoms. The molecule has 4 nitrogen and oxygen atoms in total. The number of ether oxygens (including phenoxy) is 1. The third-order valence-corrected chi connectivity index (χ3v) is 1.54. The highest BCUT2D eigenvalue weighted by atomic mass is 16.5. The van der Waals surface area contributed by atoms with E-state index in [-0.39, 0.29) is 12.0 Å². The van der Waals surface area contributed by atoms with E-state index in [1.54, 1.807) is 18.3 Å². The zero-order valence-corrected chi connectivity index (χ0v) is 9.15. The first kappa shape index (κ1) is 11.5. The Morgan fingerprint density at radius 3 is 2.73 bits per heavy atom. The highest BCUT2D eigenvalue weighted by molar-refractivity contribution is 5.69. The lowest BCUT2D eigenvalue weighted by Crippen LogP contribution is -2.23. The summed E-state index contributed by atoms with van der Waals surface area (Å²) in [6.45, 7) is 5.80. The molecule has 15 heavy (non-hydrogen) atoms. The van der Waals surface area contributed by atoms with Crippen molar-refractivity contribution in [2.24, 2.45) is 0 Å². The van der Waals surface area contributed by atoms with Crippen LogP contribution in [-0.2, 0) is 11.2 Å². The number of carbonyl (C=O) groups is 1. The van der Waals surface area contributed by atoms with E-state index in [1.807, 2.05) is 20.8 Å². The number of aliphatic carboxylic acids is 1. The second-order valence-electron chi connectivity index (χ2n) is 4.27. The minimum absolute atomic E-state index is 0.0820. The maximum absolute atomic E-state index is 10.5. The fourth-order valence-electron chi connectivity index (χ4n) is 1.12. The number of pyridine rings is 1. The van der Waals surface area contributed by atoms with E-state index >= 15 is 0 Å². The summed E-state index contributed by atoms with van der Waals surface area (Å²) in [6.07, 6.45) is 1.47. The van der Waals surface area contributed by atoms with Crippen molar-refractivity contribution in [3.05, 3.63) is 24.0 Å². The molecule has 0 aliphatic heterocycles. The fraction of sp³-hybridized carbons (Fsp3) is 0.455. The van der Waals surface area contributed by atoms with Crippen LogP contribution in [0.2, 0.25) is 0 Å². The van der Waals surface area contributed by atoms with Crippen molar-refractivity contribution >= 4 is 5.97 Å². The van der Waals surface area contributed by atoms with Crippen molar-refractivity contribution in [3.63, 3.8) is 0 Å². The summed E-state index contributed by atoms with van der Waals surface area (Å²) >= 11 is 0. The Hall–Kier alpha value is -1.58. The lowest BCUT2D eigenvalue weighted by atomic mass is 10.2. The minimum atomic E-state index is -0.893. The van der Waals surface area contributed by atoms with Crippen LogP contribution in [0.4, 0.5) is 0 Å². The molecule has 1 N–H and O–H groups in total. The van der Waals surface area contributed by atoms with Crippen molar-refractivity contribution in [2.75, 3.05) is 0 Å². The Balaban J connectivity index is 2.79. The summed E-state index contributed by atoms with van der Waals surface area (Å²) in [6, 6.07) is 3.37. The molecule has 1 heterocycles. The normalized spacial score (nSPS) is 11.1. The molecule has 82 valence electrons.